The lowest BCUT2D eigenvalue weighted by molar-refractivity contribution is 0.306. The van der Waals surface area contributed by atoms with Crippen LogP contribution in [-0.4, -0.2) is 22.2 Å². The number of nitrogen functional groups attached to an aromatic ring is 1. The van der Waals surface area contributed by atoms with E-state index in [2.05, 4.69) is 9.98 Å². The summed E-state index contributed by atoms with van der Waals surface area (Å²) in [5, 5.41) is 0.919. The number of pyridine rings is 1. The molecule has 3 aromatic rings. The third-order valence-electron chi connectivity index (χ3n) is 4.84. The normalized spacial score (nSPS) is 16.4. The molecule has 4 N–H and O–H groups in total. The second-order valence-electron chi connectivity index (χ2n) is 6.89. The Morgan fingerprint density at radius 2 is 2.17 bits per heavy atom. The summed E-state index contributed by atoms with van der Waals surface area (Å²) in [6, 6.07) is 6.45. The molecule has 3 heterocycles. The predicted octanol–water partition coefficient (Wildman–Crippen LogP) is 4.02. The average Bonchev–Trinajstić information content (AvgIpc) is 3.09. The molecule has 154 valence electrons. The largest absolute Gasteiger partial charge is 0.485 e. The summed E-state index contributed by atoms with van der Waals surface area (Å²) in [7, 11) is 0. The van der Waals surface area contributed by atoms with E-state index in [0.29, 0.717) is 24.3 Å². The maximum Gasteiger partial charge on any atom is 0.166 e. The first-order valence-corrected chi connectivity index (χ1v) is 10.4. The quantitative estimate of drug-likeness (QED) is 0.616. The van der Waals surface area contributed by atoms with Gasteiger partial charge in [-0.25, -0.2) is 14.4 Å². The van der Waals surface area contributed by atoms with Crippen molar-refractivity contribution >= 4 is 22.9 Å². The molecule has 1 aliphatic heterocycles. The van der Waals surface area contributed by atoms with Crippen molar-refractivity contribution in [2.24, 2.45) is 10.7 Å². The molecule has 0 radical (unpaired) electrons. The van der Waals surface area contributed by atoms with Gasteiger partial charge in [-0.3, -0.25) is 4.99 Å². The highest BCUT2D eigenvalue weighted by molar-refractivity contribution is 7.12. The summed E-state index contributed by atoms with van der Waals surface area (Å²) in [5.74, 6) is 0.337. The monoisotopic (exact) mass is 423 g/mol. The van der Waals surface area contributed by atoms with Crippen LogP contribution in [0, 0.1) is 12.7 Å². The number of nitrogens with two attached hydrogens (primary N) is 2. The molecule has 2 bridgehead atoms. The highest BCUT2D eigenvalue weighted by Crippen LogP contribution is 2.35. The van der Waals surface area contributed by atoms with Crippen LogP contribution in [0.5, 0.6) is 5.75 Å². The zero-order valence-corrected chi connectivity index (χ0v) is 17.6. The standard InChI is InChI=1S/C22H22FN5OS/c1-3-26-20-13(9-24)8-19-21(28-12(2)30-19)17-5-4-16(23)6-15(17)11-29-18-7-14(20)10-27-22(18)25/h4-7,9-10H,3,8,11,24H2,1-2H3,(H2,25,27). The van der Waals surface area contributed by atoms with Gasteiger partial charge in [-0.05, 0) is 49.9 Å². The van der Waals surface area contributed by atoms with Gasteiger partial charge in [0.25, 0.3) is 0 Å². The number of fused-ring (bicyclic) bond motifs is 5. The molecular formula is C22H22FN5OS. The molecule has 0 unspecified atom stereocenters. The maximum atomic E-state index is 14.0. The summed E-state index contributed by atoms with van der Waals surface area (Å²) >= 11 is 1.59. The zero-order chi connectivity index (χ0) is 21.3. The lowest BCUT2D eigenvalue weighted by Gasteiger charge is -2.17. The molecular weight excluding hydrogens is 401 g/mol. The van der Waals surface area contributed by atoms with Gasteiger partial charge in [-0.1, -0.05) is 0 Å². The fourth-order valence-corrected chi connectivity index (χ4v) is 4.47. The Morgan fingerprint density at radius 1 is 1.33 bits per heavy atom. The molecule has 1 aromatic carbocycles. The highest BCUT2D eigenvalue weighted by atomic mass is 32.1. The molecule has 4 rings (SSSR count). The number of hydrogen-bond acceptors (Lipinski definition) is 7. The number of allylic oxidation sites excluding steroid dienone is 1. The first kappa shape index (κ1) is 20.0. The SMILES string of the molecule is CCN=C1C(=CN)Cc2sc(C)nc2-c2ccc(F)cc2COc2cc1cnc2N. The molecule has 6 nitrogen and oxygen atoms in total. The van der Waals surface area contributed by atoms with Gasteiger partial charge in [0.1, 0.15) is 12.4 Å². The number of benzene rings is 1. The third-order valence-corrected chi connectivity index (χ3v) is 5.81. The molecule has 0 fully saturated rings. The van der Waals surface area contributed by atoms with Crippen LogP contribution >= 0.6 is 11.3 Å². The Balaban J connectivity index is 1.96. The van der Waals surface area contributed by atoms with Crippen LogP contribution in [0.4, 0.5) is 10.2 Å². The van der Waals surface area contributed by atoms with Gasteiger partial charge in [0.05, 0.1) is 16.4 Å². The number of ether oxygens (including phenoxy) is 1. The van der Waals surface area contributed by atoms with Crippen molar-refractivity contribution in [1.82, 2.24) is 9.97 Å². The Bertz CT molecular complexity index is 1170. The summed E-state index contributed by atoms with van der Waals surface area (Å²) in [5.41, 5.74) is 16.7. The van der Waals surface area contributed by atoms with Gasteiger partial charge in [0, 0.05) is 40.7 Å². The van der Waals surface area contributed by atoms with E-state index in [1.54, 1.807) is 35.9 Å². The maximum absolute atomic E-state index is 14.0. The van der Waals surface area contributed by atoms with Crippen molar-refractivity contribution in [1.29, 1.82) is 0 Å². The van der Waals surface area contributed by atoms with Crippen molar-refractivity contribution in [2.45, 2.75) is 26.9 Å². The van der Waals surface area contributed by atoms with Crippen LogP contribution in [0.3, 0.4) is 0 Å². The second-order valence-corrected chi connectivity index (χ2v) is 8.18. The highest BCUT2D eigenvalue weighted by Gasteiger charge is 2.21. The van der Waals surface area contributed by atoms with Gasteiger partial charge < -0.3 is 16.2 Å². The minimum atomic E-state index is -0.335. The van der Waals surface area contributed by atoms with Gasteiger partial charge in [0.2, 0.25) is 0 Å². The summed E-state index contributed by atoms with van der Waals surface area (Å²) in [4.78, 5) is 14.7. The van der Waals surface area contributed by atoms with E-state index in [4.69, 9.17) is 21.2 Å². The molecule has 0 aliphatic carbocycles. The van der Waals surface area contributed by atoms with E-state index in [-0.39, 0.29) is 18.2 Å². The Hall–Kier alpha value is -3.26. The molecule has 1 aliphatic rings. The molecule has 0 atom stereocenters. The van der Waals surface area contributed by atoms with E-state index >= 15 is 0 Å². The number of thiazole rings is 1. The minimum absolute atomic E-state index is 0.137. The molecule has 0 saturated heterocycles. The van der Waals surface area contributed by atoms with Crippen LogP contribution in [-0.2, 0) is 13.0 Å². The predicted molar refractivity (Wildman–Crippen MR) is 118 cm³/mol. The van der Waals surface area contributed by atoms with Crippen molar-refractivity contribution < 1.29 is 9.13 Å². The van der Waals surface area contributed by atoms with Crippen LogP contribution in [0.2, 0.25) is 0 Å². The number of nitrogens with zero attached hydrogens (tertiary/aromatic N) is 3. The smallest absolute Gasteiger partial charge is 0.166 e. The number of hydrogen-bond donors (Lipinski definition) is 2. The van der Waals surface area contributed by atoms with Gasteiger partial charge in [0.15, 0.2) is 11.6 Å². The minimum Gasteiger partial charge on any atom is -0.485 e. The summed E-state index contributed by atoms with van der Waals surface area (Å²) in [6.07, 6.45) is 3.79. The molecule has 8 heteroatoms. The first-order valence-electron chi connectivity index (χ1n) is 9.59. The number of anilines is 1. The van der Waals surface area contributed by atoms with Crippen LogP contribution in [0.1, 0.15) is 27.9 Å². The Labute approximate surface area is 178 Å². The van der Waals surface area contributed by atoms with E-state index in [1.165, 1.54) is 12.1 Å². The zero-order valence-electron chi connectivity index (χ0n) is 16.8. The third kappa shape index (κ3) is 3.78. The van der Waals surface area contributed by atoms with E-state index in [0.717, 1.165) is 38.0 Å². The fraction of sp³-hybridized carbons (Fsp3) is 0.227. The number of rotatable bonds is 1. The molecule has 0 spiro atoms. The Morgan fingerprint density at radius 3 is 2.93 bits per heavy atom. The van der Waals surface area contributed by atoms with Crippen LogP contribution in [0.25, 0.3) is 11.3 Å². The lowest BCUT2D eigenvalue weighted by atomic mass is 9.97. The molecule has 30 heavy (non-hydrogen) atoms. The second kappa shape index (κ2) is 8.23. The number of aromatic nitrogens is 2. The van der Waals surface area contributed by atoms with Crippen molar-refractivity contribution in [2.75, 3.05) is 12.3 Å². The Kier molecular flexibility index (Phi) is 5.50. The van der Waals surface area contributed by atoms with Crippen molar-refractivity contribution in [3.05, 3.63) is 69.1 Å². The summed E-state index contributed by atoms with van der Waals surface area (Å²) in [6.45, 7) is 4.64. The van der Waals surface area contributed by atoms with Crippen LogP contribution < -0.4 is 16.2 Å². The first-order chi connectivity index (χ1) is 14.5. The fourth-order valence-electron chi connectivity index (χ4n) is 3.50. The van der Waals surface area contributed by atoms with E-state index in [1.807, 2.05) is 13.8 Å². The molecule has 0 amide bonds. The lowest BCUT2D eigenvalue weighted by Crippen LogP contribution is -2.13. The number of aryl methyl sites for hydroxylation is 1. The topological polar surface area (TPSA) is 99.4 Å². The van der Waals surface area contributed by atoms with Crippen molar-refractivity contribution in [3.8, 4) is 17.0 Å². The summed E-state index contributed by atoms with van der Waals surface area (Å²) < 4.78 is 20.0. The molecule has 2 aromatic heterocycles. The van der Waals surface area contributed by atoms with Gasteiger partial charge in [-0.15, -0.1) is 11.3 Å². The van der Waals surface area contributed by atoms with Gasteiger partial charge in [-0.2, -0.15) is 0 Å². The molecule has 0 saturated carbocycles. The van der Waals surface area contributed by atoms with E-state index < -0.39 is 0 Å². The van der Waals surface area contributed by atoms with Gasteiger partial charge >= 0.3 is 0 Å². The van der Waals surface area contributed by atoms with E-state index in [9.17, 15) is 4.39 Å². The number of halogens is 1. The average molecular weight is 424 g/mol. The number of aliphatic imine (C=N–C) groups is 1. The van der Waals surface area contributed by atoms with Crippen LogP contribution in [0.15, 0.2) is 47.2 Å². The van der Waals surface area contributed by atoms with Crippen molar-refractivity contribution in [3.63, 3.8) is 0 Å².